The van der Waals surface area contributed by atoms with Crippen molar-refractivity contribution in [1.29, 1.82) is 0 Å². The Balaban J connectivity index is 1.75. The topological polar surface area (TPSA) is 50.1 Å². The van der Waals surface area contributed by atoms with Crippen LogP contribution in [0.25, 0.3) is 5.69 Å². The minimum Gasteiger partial charge on any atom is -0.396 e. The Hall–Kier alpha value is -1.62. The third-order valence-corrected chi connectivity index (χ3v) is 4.67. The van der Waals surface area contributed by atoms with E-state index in [4.69, 9.17) is 11.6 Å². The van der Waals surface area contributed by atoms with Crippen molar-refractivity contribution in [3.05, 3.63) is 58.9 Å². The van der Waals surface area contributed by atoms with Gasteiger partial charge in [0, 0.05) is 40.9 Å². The van der Waals surface area contributed by atoms with E-state index >= 15 is 0 Å². The molecule has 0 saturated carbocycles. The van der Waals surface area contributed by atoms with Crippen LogP contribution in [0.3, 0.4) is 0 Å². The molecule has 3 rings (SSSR count). The number of benzene rings is 1. The summed E-state index contributed by atoms with van der Waals surface area (Å²) in [7, 11) is 0. The summed E-state index contributed by atoms with van der Waals surface area (Å²) in [5, 5.41) is 18.0. The van der Waals surface area contributed by atoms with E-state index in [1.165, 1.54) is 5.56 Å². The van der Waals surface area contributed by atoms with E-state index in [2.05, 4.69) is 36.4 Å². The predicted molar refractivity (Wildman–Crippen MR) is 93.0 cm³/mol. The van der Waals surface area contributed by atoms with Gasteiger partial charge < -0.3 is 10.4 Å². The van der Waals surface area contributed by atoms with Gasteiger partial charge in [-0.3, -0.25) is 0 Å². The van der Waals surface area contributed by atoms with Crippen molar-refractivity contribution in [3.8, 4) is 5.69 Å². The first kappa shape index (κ1) is 16.2. The maximum absolute atomic E-state index is 9.23. The minimum absolute atomic E-state index is 0.190. The third kappa shape index (κ3) is 3.50. The van der Waals surface area contributed by atoms with Crippen molar-refractivity contribution in [2.24, 2.45) is 5.92 Å². The number of nitrogens with zero attached hydrogens (tertiary/aromatic N) is 2. The standard InChI is InChI=1S/C18H22ClN3O/c1-12(21-16-7-6-14(8-16)11-23)18-10-20-22(13(18)2)17-5-3-4-15(19)9-17/h3-7,9-10,12,14,16,21,23H,8,11H2,1-2H3/t12-,14-,16+/m0/s1. The zero-order chi connectivity index (χ0) is 16.4. The molecule has 2 aromatic rings. The van der Waals surface area contributed by atoms with Crippen LogP contribution in [0.2, 0.25) is 5.02 Å². The van der Waals surface area contributed by atoms with Gasteiger partial charge in [-0.15, -0.1) is 0 Å². The van der Waals surface area contributed by atoms with Crippen LogP contribution in [-0.4, -0.2) is 27.5 Å². The molecule has 1 aromatic heterocycles. The average Bonchev–Trinajstić information content (AvgIpc) is 3.13. The fourth-order valence-electron chi connectivity index (χ4n) is 3.16. The summed E-state index contributed by atoms with van der Waals surface area (Å²) < 4.78 is 1.92. The van der Waals surface area contributed by atoms with E-state index in [1.807, 2.05) is 35.1 Å². The molecular formula is C18H22ClN3O. The maximum Gasteiger partial charge on any atom is 0.0663 e. The Morgan fingerprint density at radius 3 is 2.96 bits per heavy atom. The van der Waals surface area contributed by atoms with Crippen LogP contribution in [0, 0.1) is 12.8 Å². The highest BCUT2D eigenvalue weighted by Crippen LogP contribution is 2.24. The Morgan fingerprint density at radius 1 is 1.43 bits per heavy atom. The summed E-state index contributed by atoms with van der Waals surface area (Å²) in [6.07, 6.45) is 7.10. The molecule has 4 nitrogen and oxygen atoms in total. The van der Waals surface area contributed by atoms with Gasteiger partial charge in [-0.1, -0.05) is 29.8 Å². The first-order valence-electron chi connectivity index (χ1n) is 7.94. The van der Waals surface area contributed by atoms with Gasteiger partial charge in [-0.25, -0.2) is 4.68 Å². The highest BCUT2D eigenvalue weighted by Gasteiger charge is 2.22. The van der Waals surface area contributed by atoms with Gasteiger partial charge in [0.05, 0.1) is 11.9 Å². The molecule has 0 amide bonds. The van der Waals surface area contributed by atoms with Crippen LogP contribution in [0.15, 0.2) is 42.6 Å². The third-order valence-electron chi connectivity index (χ3n) is 4.44. The van der Waals surface area contributed by atoms with Gasteiger partial charge in [0.15, 0.2) is 0 Å². The van der Waals surface area contributed by atoms with Gasteiger partial charge >= 0.3 is 0 Å². The number of nitrogens with one attached hydrogen (secondary N) is 1. The molecule has 1 aliphatic carbocycles. The summed E-state index contributed by atoms with van der Waals surface area (Å²) in [5.41, 5.74) is 3.24. The lowest BCUT2D eigenvalue weighted by Crippen LogP contribution is -2.29. The number of aliphatic hydroxyl groups excluding tert-OH is 1. The summed E-state index contributed by atoms with van der Waals surface area (Å²) in [6, 6.07) is 8.19. The monoisotopic (exact) mass is 331 g/mol. The molecule has 1 aliphatic rings. The number of aromatic nitrogens is 2. The lowest BCUT2D eigenvalue weighted by molar-refractivity contribution is 0.245. The summed E-state index contributed by atoms with van der Waals surface area (Å²) in [6.45, 7) is 4.43. The fraction of sp³-hybridized carbons (Fsp3) is 0.389. The van der Waals surface area contributed by atoms with E-state index in [1.54, 1.807) is 0 Å². The molecule has 23 heavy (non-hydrogen) atoms. The summed E-state index contributed by atoms with van der Waals surface area (Å²) in [4.78, 5) is 0. The maximum atomic E-state index is 9.23. The van der Waals surface area contributed by atoms with Crippen LogP contribution < -0.4 is 5.32 Å². The SMILES string of the molecule is Cc1c([C@H](C)N[C@@H]2C=C[C@H](CO)C2)cnn1-c1cccc(Cl)c1. The van der Waals surface area contributed by atoms with E-state index in [0.29, 0.717) is 11.1 Å². The van der Waals surface area contributed by atoms with Crippen LogP contribution in [-0.2, 0) is 0 Å². The van der Waals surface area contributed by atoms with Crippen LogP contribution >= 0.6 is 11.6 Å². The van der Waals surface area contributed by atoms with E-state index < -0.39 is 0 Å². The Labute approximate surface area is 141 Å². The van der Waals surface area contributed by atoms with Crippen molar-refractivity contribution >= 4 is 11.6 Å². The predicted octanol–water partition coefficient (Wildman–Crippen LogP) is 3.42. The van der Waals surface area contributed by atoms with Crippen LogP contribution in [0.5, 0.6) is 0 Å². The number of hydrogen-bond donors (Lipinski definition) is 2. The zero-order valence-electron chi connectivity index (χ0n) is 13.4. The van der Waals surface area contributed by atoms with E-state index in [0.717, 1.165) is 17.8 Å². The molecule has 2 N–H and O–H groups in total. The first-order valence-corrected chi connectivity index (χ1v) is 8.32. The van der Waals surface area contributed by atoms with Gasteiger partial charge in [0.25, 0.3) is 0 Å². The van der Waals surface area contributed by atoms with Gasteiger partial charge in [-0.2, -0.15) is 5.10 Å². The molecule has 0 saturated heterocycles. The molecule has 3 atom stereocenters. The number of hydrogen-bond acceptors (Lipinski definition) is 3. The lowest BCUT2D eigenvalue weighted by Gasteiger charge is -2.19. The van der Waals surface area contributed by atoms with Crippen molar-refractivity contribution in [2.75, 3.05) is 6.61 Å². The van der Waals surface area contributed by atoms with Gasteiger partial charge in [0.1, 0.15) is 0 Å². The summed E-state index contributed by atoms with van der Waals surface area (Å²) in [5.74, 6) is 0.273. The molecule has 0 bridgehead atoms. The van der Waals surface area contributed by atoms with Crippen molar-refractivity contribution in [3.63, 3.8) is 0 Å². The Bertz CT molecular complexity index is 710. The van der Waals surface area contributed by atoms with Crippen LogP contribution in [0.4, 0.5) is 0 Å². The van der Waals surface area contributed by atoms with Gasteiger partial charge in [0.2, 0.25) is 0 Å². The van der Waals surface area contributed by atoms with Crippen molar-refractivity contribution in [2.45, 2.75) is 32.4 Å². The normalized spacial score (nSPS) is 21.7. The van der Waals surface area contributed by atoms with E-state index in [9.17, 15) is 5.11 Å². The quantitative estimate of drug-likeness (QED) is 0.825. The molecule has 0 radical (unpaired) electrons. The highest BCUT2D eigenvalue weighted by molar-refractivity contribution is 6.30. The average molecular weight is 332 g/mol. The van der Waals surface area contributed by atoms with Crippen molar-refractivity contribution < 1.29 is 5.11 Å². The van der Waals surface area contributed by atoms with Crippen molar-refractivity contribution in [1.82, 2.24) is 15.1 Å². The molecule has 0 fully saturated rings. The Morgan fingerprint density at radius 2 is 2.26 bits per heavy atom. The number of aliphatic hydroxyl groups is 1. The number of halogens is 1. The summed E-state index contributed by atoms with van der Waals surface area (Å²) >= 11 is 6.08. The molecule has 1 aromatic carbocycles. The fourth-order valence-corrected chi connectivity index (χ4v) is 3.34. The molecule has 1 heterocycles. The second-order valence-corrected chi connectivity index (χ2v) is 6.57. The van der Waals surface area contributed by atoms with E-state index in [-0.39, 0.29) is 18.6 Å². The Kier molecular flexibility index (Phi) is 4.85. The molecule has 5 heteroatoms. The molecule has 0 spiro atoms. The molecule has 0 unspecified atom stereocenters. The lowest BCUT2D eigenvalue weighted by atomic mass is 10.1. The minimum atomic E-state index is 0.190. The molecular weight excluding hydrogens is 310 g/mol. The first-order chi connectivity index (χ1) is 11.1. The zero-order valence-corrected chi connectivity index (χ0v) is 14.2. The number of rotatable bonds is 5. The van der Waals surface area contributed by atoms with Gasteiger partial charge in [-0.05, 0) is 38.5 Å². The molecule has 122 valence electrons. The second-order valence-electron chi connectivity index (χ2n) is 6.14. The molecule has 0 aliphatic heterocycles. The van der Waals surface area contributed by atoms with Crippen LogP contribution in [0.1, 0.15) is 30.6 Å². The highest BCUT2D eigenvalue weighted by atomic mass is 35.5. The second kappa shape index (κ2) is 6.87. The largest absolute Gasteiger partial charge is 0.396 e. The smallest absolute Gasteiger partial charge is 0.0663 e.